The zero-order chi connectivity index (χ0) is 17.1. The van der Waals surface area contributed by atoms with Crippen LogP contribution in [-0.4, -0.2) is 5.78 Å². The third-order valence-electron chi connectivity index (χ3n) is 3.94. The van der Waals surface area contributed by atoms with Crippen molar-refractivity contribution in [2.75, 3.05) is 0 Å². The van der Waals surface area contributed by atoms with Crippen molar-refractivity contribution in [2.45, 2.75) is 19.8 Å². The molecule has 0 radical (unpaired) electrons. The first-order chi connectivity index (χ1) is 11.5. The molecule has 0 amide bonds. The van der Waals surface area contributed by atoms with Gasteiger partial charge in [0, 0.05) is 5.39 Å². The molecule has 0 saturated heterocycles. The van der Waals surface area contributed by atoms with Gasteiger partial charge < -0.3 is 4.42 Å². The summed E-state index contributed by atoms with van der Waals surface area (Å²) < 4.78 is 5.20. The third-order valence-corrected chi connectivity index (χ3v) is 3.94. The zero-order valence-corrected chi connectivity index (χ0v) is 13.7. The van der Waals surface area contributed by atoms with E-state index < -0.39 is 5.63 Å². The lowest BCUT2D eigenvalue weighted by Crippen LogP contribution is -2.11. The smallest absolute Gasteiger partial charge is 0.347 e. The molecule has 0 aliphatic heterocycles. The lowest BCUT2D eigenvalue weighted by Gasteiger charge is -2.04. The number of fused-ring (bicyclic) bond motifs is 1. The van der Waals surface area contributed by atoms with Gasteiger partial charge in [0.25, 0.3) is 0 Å². The molecule has 3 aromatic rings. The Bertz CT molecular complexity index is 960. The molecule has 3 heteroatoms. The summed E-state index contributed by atoms with van der Waals surface area (Å²) in [5.41, 5.74) is 2.07. The fourth-order valence-corrected chi connectivity index (χ4v) is 2.49. The maximum Gasteiger partial charge on any atom is 0.347 e. The average molecular weight is 318 g/mol. The van der Waals surface area contributed by atoms with Gasteiger partial charge in [-0.25, -0.2) is 4.79 Å². The van der Waals surface area contributed by atoms with E-state index in [1.165, 1.54) is 11.6 Å². The third kappa shape index (κ3) is 3.35. The van der Waals surface area contributed by atoms with Crippen LogP contribution in [0.3, 0.4) is 0 Å². The van der Waals surface area contributed by atoms with E-state index >= 15 is 0 Å². The lowest BCUT2D eigenvalue weighted by molar-refractivity contribution is 0.104. The molecule has 0 N–H and O–H groups in total. The fraction of sp³-hybridized carbons (Fsp3) is 0.143. The van der Waals surface area contributed by atoms with E-state index in [0.717, 1.165) is 10.9 Å². The fourth-order valence-electron chi connectivity index (χ4n) is 2.49. The normalized spacial score (nSPS) is 11.5. The summed E-state index contributed by atoms with van der Waals surface area (Å²) in [4.78, 5) is 24.3. The highest BCUT2D eigenvalue weighted by Crippen LogP contribution is 2.16. The molecule has 0 unspecified atom stereocenters. The van der Waals surface area contributed by atoms with Gasteiger partial charge >= 0.3 is 5.63 Å². The molecular weight excluding hydrogens is 300 g/mol. The number of hydrogen-bond acceptors (Lipinski definition) is 3. The van der Waals surface area contributed by atoms with Crippen LogP contribution in [0, 0.1) is 0 Å². The molecular formula is C21H18O3. The standard InChI is InChI=1S/C21H18O3/c1-14(2)16-10-7-15(8-11-16)9-12-19(22)18-13-17-5-3-4-6-20(17)24-21(18)23/h3-14H,1-2H3/b12-9+. The largest absolute Gasteiger partial charge is 0.422 e. The number of ketones is 1. The summed E-state index contributed by atoms with van der Waals surface area (Å²) in [5, 5.41) is 0.732. The highest BCUT2D eigenvalue weighted by molar-refractivity contribution is 6.07. The Kier molecular flexibility index (Phi) is 4.43. The van der Waals surface area contributed by atoms with Crippen LogP contribution in [-0.2, 0) is 0 Å². The first-order valence-corrected chi connectivity index (χ1v) is 7.90. The zero-order valence-electron chi connectivity index (χ0n) is 13.7. The molecule has 0 atom stereocenters. The quantitative estimate of drug-likeness (QED) is 0.394. The van der Waals surface area contributed by atoms with E-state index in [1.54, 1.807) is 24.3 Å². The van der Waals surface area contributed by atoms with E-state index in [2.05, 4.69) is 13.8 Å². The van der Waals surface area contributed by atoms with Gasteiger partial charge in [0.15, 0.2) is 5.78 Å². The number of allylic oxidation sites excluding steroid dienone is 1. The van der Waals surface area contributed by atoms with Gasteiger partial charge in [-0.3, -0.25) is 4.79 Å². The van der Waals surface area contributed by atoms with Gasteiger partial charge in [-0.05, 0) is 35.3 Å². The Hall–Kier alpha value is -2.94. The van der Waals surface area contributed by atoms with Crippen molar-refractivity contribution in [1.29, 1.82) is 0 Å². The average Bonchev–Trinajstić information content (AvgIpc) is 2.59. The maximum atomic E-state index is 12.3. The van der Waals surface area contributed by atoms with Crippen LogP contribution in [0.4, 0.5) is 0 Å². The van der Waals surface area contributed by atoms with E-state index in [4.69, 9.17) is 4.42 Å². The number of benzene rings is 2. The number of carbonyl (C=O) groups excluding carboxylic acids is 1. The Morgan fingerprint density at radius 1 is 1.04 bits per heavy atom. The van der Waals surface area contributed by atoms with Crippen molar-refractivity contribution < 1.29 is 9.21 Å². The highest BCUT2D eigenvalue weighted by Gasteiger charge is 2.10. The summed E-state index contributed by atoms with van der Waals surface area (Å²) in [5.74, 6) is 0.106. The first-order valence-electron chi connectivity index (χ1n) is 7.90. The molecule has 2 aromatic carbocycles. The van der Waals surface area contributed by atoms with Crippen LogP contribution in [0.1, 0.15) is 41.3 Å². The summed E-state index contributed by atoms with van der Waals surface area (Å²) in [7, 11) is 0. The van der Waals surface area contributed by atoms with Gasteiger partial charge in [-0.1, -0.05) is 62.4 Å². The van der Waals surface area contributed by atoms with Gasteiger partial charge in [0.1, 0.15) is 11.1 Å². The van der Waals surface area contributed by atoms with Crippen molar-refractivity contribution in [2.24, 2.45) is 0 Å². The predicted molar refractivity (Wildman–Crippen MR) is 96.4 cm³/mol. The highest BCUT2D eigenvalue weighted by atomic mass is 16.4. The van der Waals surface area contributed by atoms with Crippen LogP contribution in [0.5, 0.6) is 0 Å². The number of rotatable bonds is 4. The first kappa shape index (κ1) is 15.9. The molecule has 0 saturated carbocycles. The molecule has 0 spiro atoms. The maximum absolute atomic E-state index is 12.3. The van der Waals surface area contributed by atoms with Crippen LogP contribution in [0.15, 0.2) is 69.9 Å². The minimum absolute atomic E-state index is 0.0451. The summed E-state index contributed by atoms with van der Waals surface area (Å²) >= 11 is 0. The minimum atomic E-state index is -0.612. The van der Waals surface area contributed by atoms with Crippen LogP contribution >= 0.6 is 0 Å². The number of carbonyl (C=O) groups is 1. The second kappa shape index (κ2) is 6.67. The van der Waals surface area contributed by atoms with Gasteiger partial charge in [-0.2, -0.15) is 0 Å². The molecule has 0 aliphatic rings. The van der Waals surface area contributed by atoms with Crippen molar-refractivity contribution in [3.05, 3.63) is 87.8 Å². The number of hydrogen-bond donors (Lipinski definition) is 0. The summed E-state index contributed by atoms with van der Waals surface area (Å²) in [6, 6.07) is 16.7. The topological polar surface area (TPSA) is 47.3 Å². The van der Waals surface area contributed by atoms with Crippen molar-refractivity contribution in [3.8, 4) is 0 Å². The Morgan fingerprint density at radius 2 is 1.75 bits per heavy atom. The summed E-state index contributed by atoms with van der Waals surface area (Å²) in [6.07, 6.45) is 3.12. The van der Waals surface area contributed by atoms with E-state index in [9.17, 15) is 9.59 Å². The van der Waals surface area contributed by atoms with E-state index in [1.807, 2.05) is 36.4 Å². The molecule has 1 aromatic heterocycles. The Labute approximate surface area is 140 Å². The molecule has 0 aliphatic carbocycles. The monoisotopic (exact) mass is 318 g/mol. The molecule has 3 nitrogen and oxygen atoms in total. The van der Waals surface area contributed by atoms with Gasteiger partial charge in [0.2, 0.25) is 0 Å². The molecule has 1 heterocycles. The Balaban J connectivity index is 1.86. The van der Waals surface area contributed by atoms with Gasteiger partial charge in [0.05, 0.1) is 0 Å². The lowest BCUT2D eigenvalue weighted by atomic mass is 10.0. The van der Waals surface area contributed by atoms with Crippen LogP contribution < -0.4 is 5.63 Å². The van der Waals surface area contributed by atoms with Crippen molar-refractivity contribution in [1.82, 2.24) is 0 Å². The minimum Gasteiger partial charge on any atom is -0.422 e. The molecule has 0 bridgehead atoms. The second-order valence-corrected chi connectivity index (χ2v) is 6.00. The van der Waals surface area contributed by atoms with Crippen molar-refractivity contribution >= 4 is 22.8 Å². The predicted octanol–water partition coefficient (Wildman–Crippen LogP) is 4.81. The van der Waals surface area contributed by atoms with E-state index in [-0.39, 0.29) is 11.3 Å². The number of para-hydroxylation sites is 1. The molecule has 120 valence electrons. The van der Waals surface area contributed by atoms with Crippen LogP contribution in [0.25, 0.3) is 17.0 Å². The molecule has 0 fully saturated rings. The SMILES string of the molecule is CC(C)c1ccc(/C=C/C(=O)c2cc3ccccc3oc2=O)cc1. The van der Waals surface area contributed by atoms with E-state index in [0.29, 0.717) is 11.5 Å². The summed E-state index contributed by atoms with van der Waals surface area (Å²) in [6.45, 7) is 4.26. The van der Waals surface area contributed by atoms with Gasteiger partial charge in [-0.15, -0.1) is 0 Å². The van der Waals surface area contributed by atoms with Crippen LogP contribution in [0.2, 0.25) is 0 Å². The second-order valence-electron chi connectivity index (χ2n) is 6.00. The molecule has 24 heavy (non-hydrogen) atoms. The van der Waals surface area contributed by atoms with Crippen molar-refractivity contribution in [3.63, 3.8) is 0 Å². The Morgan fingerprint density at radius 3 is 2.46 bits per heavy atom. The molecule has 3 rings (SSSR count).